The molecule has 1 aromatic carbocycles. The number of aliphatic carboxylic acids is 1. The number of nitrogens with zero attached hydrogens (tertiary/aromatic N) is 4. The minimum absolute atomic E-state index is 0.199. The predicted octanol–water partition coefficient (Wildman–Crippen LogP) is 1.23. The number of ether oxygens (including phenoxy) is 1. The number of imidazole rings is 1. The van der Waals surface area contributed by atoms with Crippen molar-refractivity contribution >= 4 is 33.9 Å². The first kappa shape index (κ1) is 21.3. The van der Waals surface area contributed by atoms with Gasteiger partial charge >= 0.3 is 5.97 Å². The van der Waals surface area contributed by atoms with Crippen LogP contribution in [0, 0.1) is 5.92 Å². The van der Waals surface area contributed by atoms with E-state index in [0.29, 0.717) is 17.6 Å². The van der Waals surface area contributed by atoms with Crippen LogP contribution in [0.2, 0.25) is 0 Å². The molecule has 4 aromatic rings. The average Bonchev–Trinajstić information content (AvgIpc) is 3.49. The van der Waals surface area contributed by atoms with Crippen LogP contribution in [0.15, 0.2) is 43.1 Å². The first-order chi connectivity index (χ1) is 15.9. The first-order valence-corrected chi connectivity index (χ1v) is 10.7. The second-order valence-corrected chi connectivity index (χ2v) is 8.31. The Morgan fingerprint density at radius 2 is 2.03 bits per heavy atom. The minimum Gasteiger partial charge on any atom is -0.481 e. The van der Waals surface area contributed by atoms with E-state index in [1.807, 2.05) is 30.5 Å². The van der Waals surface area contributed by atoms with Crippen LogP contribution >= 0.6 is 0 Å². The minimum atomic E-state index is -1.24. The van der Waals surface area contributed by atoms with Gasteiger partial charge in [0.05, 0.1) is 18.3 Å². The molecule has 5 atom stereocenters. The highest BCUT2D eigenvalue weighted by molar-refractivity contribution is 5.84. The van der Waals surface area contributed by atoms with Crippen LogP contribution in [0.4, 0.5) is 5.82 Å². The number of aliphatic hydroxyl groups excluding tert-OH is 2. The van der Waals surface area contributed by atoms with E-state index in [9.17, 15) is 20.1 Å². The summed E-state index contributed by atoms with van der Waals surface area (Å²) in [5.41, 5.74) is 8.44. The predicted molar refractivity (Wildman–Crippen MR) is 118 cm³/mol. The number of hydrogen-bond donors (Lipinski definition) is 5. The number of anilines is 1. The van der Waals surface area contributed by atoms with Gasteiger partial charge in [-0.15, -0.1) is 0 Å². The molecule has 0 bridgehead atoms. The quantitative estimate of drug-likeness (QED) is 0.276. The molecule has 0 radical (unpaired) electrons. The van der Waals surface area contributed by atoms with Gasteiger partial charge in [-0.2, -0.15) is 0 Å². The molecule has 0 saturated carbocycles. The SMILES string of the molecule is Nc1ncnc2c1ncn2[C@@H]1O[C@H](CCC(Cc2c[nH]c3ccccc23)C(=O)O)C(O)C1O. The number of aromatic amines is 1. The van der Waals surface area contributed by atoms with Gasteiger partial charge in [-0.25, -0.2) is 15.0 Å². The van der Waals surface area contributed by atoms with Gasteiger partial charge in [-0.1, -0.05) is 18.2 Å². The summed E-state index contributed by atoms with van der Waals surface area (Å²) in [6.45, 7) is 0. The summed E-state index contributed by atoms with van der Waals surface area (Å²) >= 11 is 0. The summed E-state index contributed by atoms with van der Waals surface area (Å²) in [4.78, 5) is 27.3. The molecule has 11 heteroatoms. The molecule has 5 rings (SSSR count). The van der Waals surface area contributed by atoms with Crippen LogP contribution in [0.5, 0.6) is 0 Å². The number of nitrogens with two attached hydrogens (primary N) is 1. The number of nitrogen functional groups attached to an aromatic ring is 1. The maximum absolute atomic E-state index is 11.9. The van der Waals surface area contributed by atoms with E-state index in [4.69, 9.17) is 10.5 Å². The molecule has 4 heterocycles. The summed E-state index contributed by atoms with van der Waals surface area (Å²) in [7, 11) is 0. The molecule has 3 aromatic heterocycles. The van der Waals surface area contributed by atoms with Crippen molar-refractivity contribution in [2.24, 2.45) is 5.92 Å². The largest absolute Gasteiger partial charge is 0.481 e. The summed E-state index contributed by atoms with van der Waals surface area (Å²) < 4.78 is 7.44. The van der Waals surface area contributed by atoms with Gasteiger partial charge in [0.2, 0.25) is 0 Å². The van der Waals surface area contributed by atoms with Gasteiger partial charge < -0.3 is 30.8 Å². The Bertz CT molecular complexity index is 1300. The van der Waals surface area contributed by atoms with Crippen molar-refractivity contribution < 1.29 is 24.9 Å². The summed E-state index contributed by atoms with van der Waals surface area (Å²) in [6, 6.07) is 7.73. The lowest BCUT2D eigenvalue weighted by molar-refractivity contribution is -0.142. The zero-order chi connectivity index (χ0) is 23.1. The van der Waals surface area contributed by atoms with Crippen LogP contribution < -0.4 is 5.73 Å². The number of benzene rings is 1. The number of carboxylic acid groups (broad SMARTS) is 1. The van der Waals surface area contributed by atoms with E-state index in [1.165, 1.54) is 17.2 Å². The van der Waals surface area contributed by atoms with Gasteiger partial charge in [0.1, 0.15) is 24.1 Å². The number of fused-ring (bicyclic) bond motifs is 2. The van der Waals surface area contributed by atoms with Crippen LogP contribution in [-0.4, -0.2) is 64.1 Å². The Morgan fingerprint density at radius 3 is 2.85 bits per heavy atom. The Hall–Kier alpha value is -3.54. The van der Waals surface area contributed by atoms with Gasteiger partial charge in [0, 0.05) is 17.1 Å². The van der Waals surface area contributed by atoms with Crippen molar-refractivity contribution in [1.29, 1.82) is 0 Å². The molecule has 1 saturated heterocycles. The number of H-pyrrole nitrogens is 1. The standard InChI is InChI=1S/C22H24N6O5/c23-19-16-20(26-9-25-19)28(10-27-16)21-18(30)17(29)15(33-21)6-5-11(22(31)32)7-12-8-24-14-4-2-1-3-13(12)14/h1-4,8-11,15,17-18,21,24,29-30H,5-7H2,(H,31,32)(H2,23,25,26)/t11?,15-,17?,18?,21-/m1/s1. The third kappa shape index (κ3) is 3.80. The molecule has 3 unspecified atom stereocenters. The molecule has 6 N–H and O–H groups in total. The van der Waals surface area contributed by atoms with Gasteiger partial charge in [0.15, 0.2) is 17.7 Å². The second kappa shape index (κ2) is 8.43. The van der Waals surface area contributed by atoms with Gasteiger partial charge in [-0.3, -0.25) is 9.36 Å². The third-order valence-corrected chi connectivity index (χ3v) is 6.29. The molecule has 1 aliphatic rings. The van der Waals surface area contributed by atoms with Crippen LogP contribution in [0.1, 0.15) is 24.6 Å². The number of carbonyl (C=O) groups is 1. The zero-order valence-corrected chi connectivity index (χ0v) is 17.6. The number of carboxylic acids is 1. The highest BCUT2D eigenvalue weighted by Gasteiger charge is 2.44. The second-order valence-electron chi connectivity index (χ2n) is 8.31. The maximum Gasteiger partial charge on any atom is 0.306 e. The van der Waals surface area contributed by atoms with Crippen molar-refractivity contribution in [2.75, 3.05) is 5.73 Å². The molecule has 172 valence electrons. The van der Waals surface area contributed by atoms with E-state index < -0.39 is 36.4 Å². The number of para-hydroxylation sites is 1. The Balaban J connectivity index is 1.30. The first-order valence-electron chi connectivity index (χ1n) is 10.7. The molecular weight excluding hydrogens is 428 g/mol. The normalized spacial score (nSPS) is 23.9. The van der Waals surface area contributed by atoms with Crippen LogP contribution in [-0.2, 0) is 16.0 Å². The van der Waals surface area contributed by atoms with Crippen molar-refractivity contribution in [2.45, 2.75) is 43.8 Å². The summed E-state index contributed by atoms with van der Waals surface area (Å²) in [6.07, 6.45) is 1.33. The highest BCUT2D eigenvalue weighted by atomic mass is 16.6. The average molecular weight is 452 g/mol. The lowest BCUT2D eigenvalue weighted by Gasteiger charge is -2.18. The third-order valence-electron chi connectivity index (χ3n) is 6.29. The van der Waals surface area contributed by atoms with Gasteiger partial charge in [-0.05, 0) is 30.9 Å². The van der Waals surface area contributed by atoms with E-state index in [0.717, 1.165) is 16.5 Å². The van der Waals surface area contributed by atoms with Crippen molar-refractivity contribution in [3.63, 3.8) is 0 Å². The number of nitrogens with one attached hydrogen (secondary N) is 1. The van der Waals surface area contributed by atoms with Crippen molar-refractivity contribution in [1.82, 2.24) is 24.5 Å². The maximum atomic E-state index is 11.9. The topological polar surface area (TPSA) is 172 Å². The fourth-order valence-corrected chi connectivity index (χ4v) is 4.50. The molecule has 0 aliphatic carbocycles. The Morgan fingerprint density at radius 1 is 1.21 bits per heavy atom. The van der Waals surface area contributed by atoms with E-state index in [1.54, 1.807) is 0 Å². The Labute approximate surface area is 187 Å². The lowest BCUT2D eigenvalue weighted by Crippen LogP contribution is -2.32. The van der Waals surface area contributed by atoms with Gasteiger partial charge in [0.25, 0.3) is 0 Å². The van der Waals surface area contributed by atoms with Crippen molar-refractivity contribution in [3.8, 4) is 0 Å². The molecule has 11 nitrogen and oxygen atoms in total. The smallest absolute Gasteiger partial charge is 0.306 e. The van der Waals surface area contributed by atoms with E-state index >= 15 is 0 Å². The molecular formula is C22H24N6O5. The van der Waals surface area contributed by atoms with Crippen LogP contribution in [0.3, 0.4) is 0 Å². The fraction of sp³-hybridized carbons (Fsp3) is 0.364. The summed E-state index contributed by atoms with van der Waals surface area (Å²) in [5.74, 6) is -1.39. The number of aliphatic hydroxyl groups is 2. The molecule has 33 heavy (non-hydrogen) atoms. The molecule has 0 spiro atoms. The lowest BCUT2D eigenvalue weighted by atomic mass is 9.92. The van der Waals surface area contributed by atoms with Crippen LogP contribution in [0.25, 0.3) is 22.1 Å². The summed E-state index contributed by atoms with van der Waals surface area (Å²) in [5, 5.41) is 32.0. The fourth-order valence-electron chi connectivity index (χ4n) is 4.50. The number of aromatic nitrogens is 5. The van der Waals surface area contributed by atoms with Crippen molar-refractivity contribution in [3.05, 3.63) is 48.7 Å². The monoisotopic (exact) mass is 452 g/mol. The Kier molecular flexibility index (Phi) is 5.44. The molecule has 0 amide bonds. The zero-order valence-electron chi connectivity index (χ0n) is 17.6. The molecule has 1 aliphatic heterocycles. The highest BCUT2D eigenvalue weighted by Crippen LogP contribution is 2.34. The number of hydrogen-bond acceptors (Lipinski definition) is 8. The van der Waals surface area contributed by atoms with E-state index in [-0.39, 0.29) is 18.7 Å². The van der Waals surface area contributed by atoms with E-state index in [2.05, 4.69) is 19.9 Å². The number of rotatable bonds is 7. The molecule has 1 fully saturated rings.